The molecule has 1 heterocycles. The molecule has 2 rings (SSSR count). The first kappa shape index (κ1) is 18.5. The number of carbonyl (C=O) groups excluding carboxylic acids is 1. The number of amides is 1. The molecule has 0 aromatic heterocycles. The first-order chi connectivity index (χ1) is 9.28. The minimum atomic E-state index is -4.70. The van der Waals surface area contributed by atoms with E-state index in [0.717, 1.165) is 12.8 Å². The maximum atomic E-state index is 12.9. The summed E-state index contributed by atoms with van der Waals surface area (Å²) >= 11 is 0. The van der Waals surface area contributed by atoms with Gasteiger partial charge in [-0.1, -0.05) is 6.42 Å². The molecule has 8 heteroatoms. The highest BCUT2D eigenvalue weighted by Crippen LogP contribution is 2.39. The third kappa shape index (κ3) is 3.63. The number of halogens is 4. The highest BCUT2D eigenvalue weighted by atomic mass is 35.5. The van der Waals surface area contributed by atoms with Gasteiger partial charge in [0.05, 0.1) is 6.54 Å². The number of hydrogen-bond donors (Lipinski definition) is 2. The molecule has 1 aliphatic heterocycles. The van der Waals surface area contributed by atoms with Crippen LogP contribution in [0.15, 0.2) is 0 Å². The van der Waals surface area contributed by atoms with E-state index in [2.05, 4.69) is 0 Å². The molecule has 0 bridgehead atoms. The highest BCUT2D eigenvalue weighted by Gasteiger charge is 2.56. The second-order valence-corrected chi connectivity index (χ2v) is 5.93. The van der Waals surface area contributed by atoms with E-state index >= 15 is 0 Å². The Kier molecular flexibility index (Phi) is 5.91. The average molecular weight is 331 g/mol. The second kappa shape index (κ2) is 6.71. The standard InChI is InChI=1S/C13H21F3N2O2.ClH/c14-13(15,16)12(20)5-2-6-18(8-12)11(19)10-4-1-3-9(10)7-17;/h9-10,20H,1-8,17H2;1H/t9-,10-,12?;/m1./s1. The van der Waals surface area contributed by atoms with Gasteiger partial charge in [0.15, 0.2) is 5.60 Å². The number of hydrogen-bond acceptors (Lipinski definition) is 3. The van der Waals surface area contributed by atoms with Gasteiger partial charge in [0.25, 0.3) is 0 Å². The molecule has 124 valence electrons. The minimum absolute atomic E-state index is 0. The molecular formula is C13H22ClF3N2O2. The Labute approximate surface area is 128 Å². The topological polar surface area (TPSA) is 66.6 Å². The van der Waals surface area contributed by atoms with Crippen molar-refractivity contribution in [3.63, 3.8) is 0 Å². The third-order valence-corrected chi connectivity index (χ3v) is 4.59. The van der Waals surface area contributed by atoms with Gasteiger partial charge >= 0.3 is 6.18 Å². The summed E-state index contributed by atoms with van der Waals surface area (Å²) in [5, 5.41) is 9.75. The van der Waals surface area contributed by atoms with Gasteiger partial charge < -0.3 is 15.7 Å². The lowest BCUT2D eigenvalue weighted by atomic mass is 9.89. The van der Waals surface area contributed by atoms with E-state index in [1.807, 2.05) is 0 Å². The monoisotopic (exact) mass is 330 g/mol. The SMILES string of the molecule is Cl.NC[C@H]1CCC[C@H]1C(=O)N1CCCC(O)(C(F)(F)F)C1. The molecule has 1 aliphatic carbocycles. The maximum absolute atomic E-state index is 12.9. The van der Waals surface area contributed by atoms with Crippen LogP contribution in [-0.2, 0) is 4.79 Å². The molecule has 2 aliphatic rings. The van der Waals surface area contributed by atoms with Crippen LogP contribution in [0.4, 0.5) is 13.2 Å². The van der Waals surface area contributed by atoms with Gasteiger partial charge in [-0.05, 0) is 38.1 Å². The van der Waals surface area contributed by atoms with E-state index < -0.39 is 18.3 Å². The number of likely N-dealkylation sites (tertiary alicyclic amines) is 1. The molecule has 3 N–H and O–H groups in total. The molecule has 2 fully saturated rings. The van der Waals surface area contributed by atoms with Gasteiger partial charge in [0, 0.05) is 12.5 Å². The molecule has 0 spiro atoms. The molecule has 0 aromatic carbocycles. The largest absolute Gasteiger partial charge is 0.418 e. The van der Waals surface area contributed by atoms with Gasteiger partial charge in [-0.15, -0.1) is 12.4 Å². The van der Waals surface area contributed by atoms with Crippen LogP contribution in [0.2, 0.25) is 0 Å². The predicted octanol–water partition coefficient (Wildman–Crippen LogP) is 1.70. The van der Waals surface area contributed by atoms with Crippen LogP contribution in [0.3, 0.4) is 0 Å². The van der Waals surface area contributed by atoms with Crippen molar-refractivity contribution in [2.45, 2.75) is 43.9 Å². The van der Waals surface area contributed by atoms with E-state index in [9.17, 15) is 23.1 Å². The molecule has 1 unspecified atom stereocenters. The van der Waals surface area contributed by atoms with E-state index in [-0.39, 0.29) is 49.5 Å². The van der Waals surface area contributed by atoms with Crippen molar-refractivity contribution in [1.29, 1.82) is 0 Å². The van der Waals surface area contributed by atoms with Crippen molar-refractivity contribution in [2.24, 2.45) is 17.6 Å². The Hall–Kier alpha value is -0.530. The smallest absolute Gasteiger partial charge is 0.379 e. The number of β-amino-alcohol motifs (C(OH)–C–C–N with tert-alkyl or cyclic N) is 1. The zero-order valence-corrected chi connectivity index (χ0v) is 12.6. The number of alkyl halides is 3. The van der Waals surface area contributed by atoms with Crippen molar-refractivity contribution in [3.05, 3.63) is 0 Å². The van der Waals surface area contributed by atoms with Gasteiger partial charge in [-0.3, -0.25) is 4.79 Å². The molecule has 1 saturated heterocycles. The zero-order chi connectivity index (χ0) is 15.0. The fourth-order valence-corrected chi connectivity index (χ4v) is 3.33. The number of carbonyl (C=O) groups is 1. The lowest BCUT2D eigenvalue weighted by Crippen LogP contribution is -2.59. The van der Waals surface area contributed by atoms with Crippen molar-refractivity contribution in [3.8, 4) is 0 Å². The number of rotatable bonds is 2. The molecule has 0 radical (unpaired) electrons. The van der Waals surface area contributed by atoms with E-state index in [1.165, 1.54) is 4.90 Å². The third-order valence-electron chi connectivity index (χ3n) is 4.59. The van der Waals surface area contributed by atoms with Gasteiger partial charge in [-0.25, -0.2) is 0 Å². The molecule has 4 nitrogen and oxygen atoms in total. The lowest BCUT2D eigenvalue weighted by molar-refractivity contribution is -0.273. The van der Waals surface area contributed by atoms with Crippen molar-refractivity contribution in [2.75, 3.05) is 19.6 Å². The summed E-state index contributed by atoms with van der Waals surface area (Å²) < 4.78 is 38.6. The summed E-state index contributed by atoms with van der Waals surface area (Å²) in [6.07, 6.45) is -2.45. The summed E-state index contributed by atoms with van der Waals surface area (Å²) in [7, 11) is 0. The van der Waals surface area contributed by atoms with E-state index in [0.29, 0.717) is 13.0 Å². The quantitative estimate of drug-likeness (QED) is 0.810. The first-order valence-electron chi connectivity index (χ1n) is 7.06. The zero-order valence-electron chi connectivity index (χ0n) is 11.7. The maximum Gasteiger partial charge on any atom is 0.418 e. The Morgan fingerprint density at radius 2 is 2.00 bits per heavy atom. The number of nitrogens with two attached hydrogens (primary N) is 1. The second-order valence-electron chi connectivity index (χ2n) is 5.93. The summed E-state index contributed by atoms with van der Waals surface area (Å²) in [4.78, 5) is 13.6. The normalized spacial score (nSPS) is 33.7. The first-order valence-corrected chi connectivity index (χ1v) is 7.06. The summed E-state index contributed by atoms with van der Waals surface area (Å²) in [6, 6.07) is 0. The molecule has 1 amide bonds. The molecule has 0 aromatic rings. The Morgan fingerprint density at radius 1 is 1.33 bits per heavy atom. The van der Waals surface area contributed by atoms with Gasteiger partial charge in [0.2, 0.25) is 5.91 Å². The van der Waals surface area contributed by atoms with Crippen LogP contribution in [0.25, 0.3) is 0 Å². The van der Waals surface area contributed by atoms with E-state index in [4.69, 9.17) is 5.73 Å². The number of piperidine rings is 1. The van der Waals surface area contributed by atoms with Gasteiger partial charge in [0.1, 0.15) is 0 Å². The fourth-order valence-electron chi connectivity index (χ4n) is 3.33. The number of nitrogens with zero attached hydrogens (tertiary/aromatic N) is 1. The fraction of sp³-hybridized carbons (Fsp3) is 0.923. The molecule has 21 heavy (non-hydrogen) atoms. The minimum Gasteiger partial charge on any atom is -0.379 e. The molecule has 1 saturated carbocycles. The summed E-state index contributed by atoms with van der Waals surface area (Å²) in [5.41, 5.74) is 2.85. The van der Waals surface area contributed by atoms with Crippen LogP contribution < -0.4 is 5.73 Å². The molecular weight excluding hydrogens is 309 g/mol. The molecule has 3 atom stereocenters. The summed E-state index contributed by atoms with van der Waals surface area (Å²) in [5.74, 6) is -0.501. The lowest BCUT2D eigenvalue weighted by Gasteiger charge is -2.41. The van der Waals surface area contributed by atoms with Crippen molar-refractivity contribution < 1.29 is 23.1 Å². The predicted molar refractivity (Wildman–Crippen MR) is 74.0 cm³/mol. The van der Waals surface area contributed by atoms with Crippen LogP contribution >= 0.6 is 12.4 Å². The van der Waals surface area contributed by atoms with Gasteiger partial charge in [-0.2, -0.15) is 13.2 Å². The summed E-state index contributed by atoms with van der Waals surface area (Å²) in [6.45, 7) is 0.0158. The highest BCUT2D eigenvalue weighted by molar-refractivity contribution is 5.85. The average Bonchev–Trinajstić information content (AvgIpc) is 2.84. The number of aliphatic hydroxyl groups is 1. The van der Waals surface area contributed by atoms with E-state index in [1.54, 1.807) is 0 Å². The van der Waals surface area contributed by atoms with Crippen molar-refractivity contribution in [1.82, 2.24) is 4.90 Å². The Balaban J connectivity index is 0.00000220. The van der Waals surface area contributed by atoms with Crippen LogP contribution in [0.1, 0.15) is 32.1 Å². The van der Waals surface area contributed by atoms with Crippen LogP contribution in [0.5, 0.6) is 0 Å². The Bertz CT molecular complexity index is 381. The van der Waals surface area contributed by atoms with Crippen LogP contribution in [0, 0.1) is 11.8 Å². The Morgan fingerprint density at radius 3 is 2.57 bits per heavy atom. The van der Waals surface area contributed by atoms with Crippen LogP contribution in [-0.4, -0.2) is 47.3 Å². The van der Waals surface area contributed by atoms with Crippen molar-refractivity contribution >= 4 is 18.3 Å².